The summed E-state index contributed by atoms with van der Waals surface area (Å²) in [4.78, 5) is 2.14. The molecule has 5 N–H and O–H groups in total. The van der Waals surface area contributed by atoms with Gasteiger partial charge in [0.2, 0.25) is 10.0 Å². The number of rotatable bonds is 8. The van der Waals surface area contributed by atoms with Crippen molar-refractivity contribution in [3.8, 4) is 0 Å². The minimum Gasteiger partial charge on any atom is -0.397 e. The number of nitrogens with zero attached hydrogens (tertiary/aromatic N) is 1. The number of benzene rings is 1. The summed E-state index contributed by atoms with van der Waals surface area (Å²) in [6.45, 7) is 2.91. The Kier molecular flexibility index (Phi) is 6.21. The number of likely N-dealkylation sites (N-methyl/N-ethyl adjacent to an activating group) is 1. The van der Waals surface area contributed by atoms with Crippen LogP contribution in [0.2, 0.25) is 0 Å². The van der Waals surface area contributed by atoms with Gasteiger partial charge < -0.3 is 20.7 Å². The molecule has 8 heteroatoms. The van der Waals surface area contributed by atoms with Crippen LogP contribution in [0, 0.1) is 0 Å². The highest BCUT2D eigenvalue weighted by Crippen LogP contribution is 2.21. The molecular formula is C12H22N4O3S. The molecule has 0 atom stereocenters. The number of primary sulfonamides is 1. The standard InChI is InChI=1S/C12H22N4O3S/c1-16(7-8-19-2)6-5-15-12-9-10(20(14,17)18)3-4-11(12)13/h3-4,9,15H,5-8,13H2,1-2H3,(H2,14,17,18). The molecule has 7 nitrogen and oxygen atoms in total. The summed E-state index contributed by atoms with van der Waals surface area (Å²) >= 11 is 0. The molecule has 114 valence electrons. The maximum absolute atomic E-state index is 11.3. The number of hydrogen-bond donors (Lipinski definition) is 3. The molecule has 1 aromatic carbocycles. The van der Waals surface area contributed by atoms with Gasteiger partial charge in [-0.25, -0.2) is 13.6 Å². The summed E-state index contributed by atoms with van der Waals surface area (Å²) < 4.78 is 27.6. The largest absolute Gasteiger partial charge is 0.397 e. The molecular weight excluding hydrogens is 280 g/mol. The number of anilines is 2. The van der Waals surface area contributed by atoms with E-state index in [1.807, 2.05) is 7.05 Å². The highest BCUT2D eigenvalue weighted by Gasteiger charge is 2.10. The summed E-state index contributed by atoms with van der Waals surface area (Å²) in [6.07, 6.45) is 0. The van der Waals surface area contributed by atoms with Gasteiger partial charge in [0.15, 0.2) is 0 Å². The second-order valence-corrected chi connectivity index (χ2v) is 6.08. The van der Waals surface area contributed by atoms with Crippen LogP contribution in [0.4, 0.5) is 11.4 Å². The van der Waals surface area contributed by atoms with E-state index < -0.39 is 10.0 Å². The minimum absolute atomic E-state index is 0.0435. The summed E-state index contributed by atoms with van der Waals surface area (Å²) in [6, 6.07) is 4.36. The number of nitrogen functional groups attached to an aromatic ring is 1. The van der Waals surface area contributed by atoms with Crippen molar-refractivity contribution >= 4 is 21.4 Å². The van der Waals surface area contributed by atoms with Gasteiger partial charge in [-0.15, -0.1) is 0 Å². The predicted molar refractivity (Wildman–Crippen MR) is 80.1 cm³/mol. The Bertz CT molecular complexity index is 534. The fraction of sp³-hybridized carbons (Fsp3) is 0.500. The third kappa shape index (κ3) is 5.33. The van der Waals surface area contributed by atoms with E-state index in [1.165, 1.54) is 18.2 Å². The molecule has 1 aromatic rings. The first-order chi connectivity index (χ1) is 9.34. The van der Waals surface area contributed by atoms with Gasteiger partial charge in [-0.1, -0.05) is 0 Å². The lowest BCUT2D eigenvalue weighted by Crippen LogP contribution is -2.28. The molecule has 0 radical (unpaired) electrons. The zero-order valence-corrected chi connectivity index (χ0v) is 12.6. The molecule has 0 amide bonds. The van der Waals surface area contributed by atoms with E-state index in [4.69, 9.17) is 15.6 Å². The van der Waals surface area contributed by atoms with E-state index in [2.05, 4.69) is 10.2 Å². The van der Waals surface area contributed by atoms with Crippen LogP contribution in [0.5, 0.6) is 0 Å². The van der Waals surface area contributed by atoms with Gasteiger partial charge >= 0.3 is 0 Å². The Morgan fingerprint density at radius 1 is 1.35 bits per heavy atom. The lowest BCUT2D eigenvalue weighted by Gasteiger charge is -2.17. The predicted octanol–water partition coefficient (Wildman–Crippen LogP) is -0.0937. The minimum atomic E-state index is -3.72. The van der Waals surface area contributed by atoms with E-state index in [1.54, 1.807) is 7.11 Å². The molecule has 0 heterocycles. The molecule has 0 aliphatic heterocycles. The van der Waals surface area contributed by atoms with Crippen molar-refractivity contribution in [2.45, 2.75) is 4.90 Å². The first-order valence-electron chi connectivity index (χ1n) is 6.18. The van der Waals surface area contributed by atoms with Crippen molar-refractivity contribution in [3.05, 3.63) is 18.2 Å². The molecule has 0 fully saturated rings. The zero-order valence-electron chi connectivity index (χ0n) is 11.8. The van der Waals surface area contributed by atoms with E-state index in [-0.39, 0.29) is 4.90 Å². The number of ether oxygens (including phenoxy) is 1. The van der Waals surface area contributed by atoms with Crippen molar-refractivity contribution in [1.82, 2.24) is 4.90 Å². The number of sulfonamides is 1. The van der Waals surface area contributed by atoms with Crippen LogP contribution in [0.1, 0.15) is 0 Å². The Hall–Kier alpha value is -1.35. The molecule has 0 unspecified atom stereocenters. The smallest absolute Gasteiger partial charge is 0.238 e. The van der Waals surface area contributed by atoms with Gasteiger partial charge in [-0.3, -0.25) is 0 Å². The van der Waals surface area contributed by atoms with Gasteiger partial charge in [-0.2, -0.15) is 0 Å². The fourth-order valence-corrected chi connectivity index (χ4v) is 2.15. The normalized spacial score (nSPS) is 11.8. The van der Waals surface area contributed by atoms with Crippen molar-refractivity contribution in [1.29, 1.82) is 0 Å². The number of methoxy groups -OCH3 is 1. The van der Waals surface area contributed by atoms with Gasteiger partial charge in [-0.05, 0) is 25.2 Å². The summed E-state index contributed by atoms with van der Waals surface area (Å²) in [7, 11) is -0.0827. The maximum Gasteiger partial charge on any atom is 0.238 e. The average Bonchev–Trinajstić information content (AvgIpc) is 2.37. The second-order valence-electron chi connectivity index (χ2n) is 4.52. The highest BCUT2D eigenvalue weighted by atomic mass is 32.2. The number of nitrogens with one attached hydrogen (secondary N) is 1. The monoisotopic (exact) mass is 302 g/mol. The van der Waals surface area contributed by atoms with Crippen LogP contribution in [0.15, 0.2) is 23.1 Å². The lowest BCUT2D eigenvalue weighted by molar-refractivity contribution is 0.163. The Balaban J connectivity index is 2.60. The molecule has 1 rings (SSSR count). The summed E-state index contributed by atoms with van der Waals surface area (Å²) in [5.74, 6) is 0. The van der Waals surface area contributed by atoms with Crippen LogP contribution in [-0.2, 0) is 14.8 Å². The first kappa shape index (κ1) is 16.7. The van der Waals surface area contributed by atoms with Gasteiger partial charge in [0, 0.05) is 26.7 Å². The van der Waals surface area contributed by atoms with E-state index in [0.29, 0.717) is 24.5 Å². The van der Waals surface area contributed by atoms with Crippen molar-refractivity contribution in [2.75, 3.05) is 51.4 Å². The Morgan fingerprint density at radius 3 is 2.65 bits per heavy atom. The third-order valence-corrected chi connectivity index (χ3v) is 3.75. The van der Waals surface area contributed by atoms with E-state index >= 15 is 0 Å². The van der Waals surface area contributed by atoms with Gasteiger partial charge in [0.25, 0.3) is 0 Å². The third-order valence-electron chi connectivity index (χ3n) is 2.84. The molecule has 0 aliphatic rings. The van der Waals surface area contributed by atoms with Crippen molar-refractivity contribution in [2.24, 2.45) is 5.14 Å². The molecule has 20 heavy (non-hydrogen) atoms. The average molecular weight is 302 g/mol. The van der Waals surface area contributed by atoms with Crippen molar-refractivity contribution in [3.63, 3.8) is 0 Å². The fourth-order valence-electron chi connectivity index (χ4n) is 1.61. The topological polar surface area (TPSA) is 111 Å². The zero-order chi connectivity index (χ0) is 15.2. The quantitative estimate of drug-likeness (QED) is 0.579. The maximum atomic E-state index is 11.3. The molecule has 0 bridgehead atoms. The van der Waals surface area contributed by atoms with E-state index in [9.17, 15) is 8.42 Å². The molecule has 0 aromatic heterocycles. The second kappa shape index (κ2) is 7.44. The van der Waals surface area contributed by atoms with Gasteiger partial charge in [0.1, 0.15) is 0 Å². The SMILES string of the molecule is COCCN(C)CCNc1cc(S(N)(=O)=O)ccc1N. The summed E-state index contributed by atoms with van der Waals surface area (Å²) in [5, 5.41) is 8.19. The van der Waals surface area contributed by atoms with Crippen LogP contribution >= 0.6 is 0 Å². The summed E-state index contributed by atoms with van der Waals surface area (Å²) in [5.41, 5.74) is 6.85. The Morgan fingerprint density at radius 2 is 2.05 bits per heavy atom. The first-order valence-corrected chi connectivity index (χ1v) is 7.73. The van der Waals surface area contributed by atoms with E-state index in [0.717, 1.165) is 13.1 Å². The lowest BCUT2D eigenvalue weighted by atomic mass is 10.2. The van der Waals surface area contributed by atoms with Crippen LogP contribution in [0.3, 0.4) is 0 Å². The van der Waals surface area contributed by atoms with Crippen molar-refractivity contribution < 1.29 is 13.2 Å². The van der Waals surface area contributed by atoms with Crippen LogP contribution in [0.25, 0.3) is 0 Å². The molecule has 0 spiro atoms. The molecule has 0 saturated heterocycles. The number of hydrogen-bond acceptors (Lipinski definition) is 6. The Labute approximate surface area is 119 Å². The number of nitrogens with two attached hydrogens (primary N) is 2. The van der Waals surface area contributed by atoms with Crippen LogP contribution in [-0.4, -0.2) is 53.7 Å². The molecule has 0 aliphatic carbocycles. The van der Waals surface area contributed by atoms with Crippen LogP contribution < -0.4 is 16.2 Å². The molecule has 0 saturated carbocycles. The highest BCUT2D eigenvalue weighted by molar-refractivity contribution is 7.89. The van der Waals surface area contributed by atoms with Gasteiger partial charge in [0.05, 0.1) is 22.9 Å².